The van der Waals surface area contributed by atoms with Gasteiger partial charge in [-0.15, -0.1) is 11.3 Å². The van der Waals surface area contributed by atoms with Crippen LogP contribution in [0.3, 0.4) is 0 Å². The van der Waals surface area contributed by atoms with Crippen molar-refractivity contribution in [2.24, 2.45) is 17.6 Å². The molecule has 1 fully saturated rings. The highest BCUT2D eigenvalue weighted by molar-refractivity contribution is 7.14. The largest absolute Gasteiger partial charge is 0.477 e. The number of anilines is 1. The number of carbonyl (C=O) groups is 2. The Bertz CT molecular complexity index is 589. The number of nitrogens with two attached hydrogens (primary N) is 1. The van der Waals surface area contributed by atoms with Gasteiger partial charge < -0.3 is 15.7 Å². The molecule has 5 nitrogen and oxygen atoms in total. The molecule has 0 saturated heterocycles. The molecule has 1 saturated carbocycles. The zero-order valence-corrected chi connectivity index (χ0v) is 15.6. The highest BCUT2D eigenvalue weighted by Crippen LogP contribution is 2.34. The van der Waals surface area contributed by atoms with Crippen LogP contribution in [0.15, 0.2) is 6.07 Å². The average molecular weight is 352 g/mol. The SMILES string of the molecule is CCN(C(=O)C1CCC(N)CC1)c1cc(CC(C)C)sc1C(=O)O. The molecular formula is C18H28N2O3S. The van der Waals surface area contributed by atoms with E-state index in [4.69, 9.17) is 5.73 Å². The summed E-state index contributed by atoms with van der Waals surface area (Å²) in [5, 5.41) is 9.54. The minimum atomic E-state index is -0.957. The fraction of sp³-hybridized carbons (Fsp3) is 0.667. The molecule has 0 spiro atoms. The molecule has 1 aromatic heterocycles. The van der Waals surface area contributed by atoms with Gasteiger partial charge in [0.15, 0.2) is 0 Å². The van der Waals surface area contributed by atoms with Gasteiger partial charge in [-0.3, -0.25) is 4.79 Å². The minimum Gasteiger partial charge on any atom is -0.477 e. The normalized spacial score (nSPS) is 21.0. The Morgan fingerprint density at radius 2 is 1.96 bits per heavy atom. The lowest BCUT2D eigenvalue weighted by Crippen LogP contribution is -2.40. The van der Waals surface area contributed by atoms with Crippen LogP contribution in [0, 0.1) is 11.8 Å². The fourth-order valence-electron chi connectivity index (χ4n) is 3.32. The first-order valence-electron chi connectivity index (χ1n) is 8.76. The summed E-state index contributed by atoms with van der Waals surface area (Å²) in [4.78, 5) is 27.5. The molecule has 134 valence electrons. The zero-order valence-electron chi connectivity index (χ0n) is 14.7. The third kappa shape index (κ3) is 4.36. The van der Waals surface area contributed by atoms with Gasteiger partial charge in [0.25, 0.3) is 0 Å². The van der Waals surface area contributed by atoms with Crippen LogP contribution < -0.4 is 10.6 Å². The van der Waals surface area contributed by atoms with E-state index in [1.54, 1.807) is 4.90 Å². The van der Waals surface area contributed by atoms with E-state index in [2.05, 4.69) is 13.8 Å². The number of amides is 1. The average Bonchev–Trinajstić information content (AvgIpc) is 2.91. The van der Waals surface area contributed by atoms with E-state index < -0.39 is 5.97 Å². The monoisotopic (exact) mass is 352 g/mol. The molecule has 24 heavy (non-hydrogen) atoms. The number of carbonyl (C=O) groups excluding carboxylic acids is 1. The Balaban J connectivity index is 2.26. The molecule has 1 heterocycles. The third-order valence-corrected chi connectivity index (χ3v) is 5.70. The summed E-state index contributed by atoms with van der Waals surface area (Å²) in [6, 6.07) is 2.09. The first-order valence-corrected chi connectivity index (χ1v) is 9.58. The van der Waals surface area contributed by atoms with Crippen molar-refractivity contribution >= 4 is 28.9 Å². The molecule has 2 rings (SSSR count). The predicted molar refractivity (Wildman–Crippen MR) is 97.8 cm³/mol. The lowest BCUT2D eigenvalue weighted by Gasteiger charge is -2.30. The van der Waals surface area contributed by atoms with Crippen LogP contribution in [-0.2, 0) is 11.2 Å². The lowest BCUT2D eigenvalue weighted by molar-refractivity contribution is -0.123. The van der Waals surface area contributed by atoms with Gasteiger partial charge in [-0.25, -0.2) is 4.79 Å². The van der Waals surface area contributed by atoms with Crippen LogP contribution in [-0.4, -0.2) is 29.6 Å². The van der Waals surface area contributed by atoms with Crippen molar-refractivity contribution in [1.29, 1.82) is 0 Å². The number of rotatable bonds is 6. The Hall–Kier alpha value is -1.40. The van der Waals surface area contributed by atoms with Crippen molar-refractivity contribution in [3.8, 4) is 0 Å². The zero-order chi connectivity index (χ0) is 17.9. The first-order chi connectivity index (χ1) is 11.3. The molecule has 1 aliphatic rings. The van der Waals surface area contributed by atoms with Crippen molar-refractivity contribution in [3.63, 3.8) is 0 Å². The van der Waals surface area contributed by atoms with Crippen molar-refractivity contribution in [1.82, 2.24) is 0 Å². The van der Waals surface area contributed by atoms with E-state index in [1.165, 1.54) is 11.3 Å². The number of aromatic carboxylic acids is 1. The smallest absolute Gasteiger partial charge is 0.348 e. The van der Waals surface area contributed by atoms with Crippen LogP contribution in [0.25, 0.3) is 0 Å². The highest BCUT2D eigenvalue weighted by Gasteiger charge is 2.31. The summed E-state index contributed by atoms with van der Waals surface area (Å²) in [5.41, 5.74) is 6.49. The Labute approximate surface area is 147 Å². The highest BCUT2D eigenvalue weighted by atomic mass is 32.1. The van der Waals surface area contributed by atoms with Gasteiger partial charge in [0, 0.05) is 23.4 Å². The predicted octanol–water partition coefficient (Wildman–Crippen LogP) is 3.52. The topological polar surface area (TPSA) is 83.6 Å². The lowest BCUT2D eigenvalue weighted by atomic mass is 9.85. The fourth-order valence-corrected chi connectivity index (χ4v) is 4.53. The molecule has 0 radical (unpaired) electrons. The standard InChI is InChI=1S/C18H28N2O3S/c1-4-20(17(21)12-5-7-13(19)8-6-12)15-10-14(9-11(2)3)24-16(15)18(22)23/h10-13H,4-9,19H2,1-3H3,(H,22,23). The van der Waals surface area contributed by atoms with Crippen LogP contribution >= 0.6 is 11.3 Å². The maximum atomic E-state index is 12.9. The molecule has 1 aromatic rings. The van der Waals surface area contributed by atoms with E-state index in [-0.39, 0.29) is 22.7 Å². The van der Waals surface area contributed by atoms with Crippen LogP contribution in [0.1, 0.15) is 61.0 Å². The summed E-state index contributed by atoms with van der Waals surface area (Å²) in [6.45, 7) is 6.60. The number of nitrogens with zero attached hydrogens (tertiary/aromatic N) is 1. The van der Waals surface area contributed by atoms with Crippen molar-refractivity contribution in [2.75, 3.05) is 11.4 Å². The first kappa shape index (κ1) is 18.9. The number of hydrogen-bond donors (Lipinski definition) is 2. The van der Waals surface area contributed by atoms with Gasteiger partial charge in [-0.2, -0.15) is 0 Å². The van der Waals surface area contributed by atoms with Crippen LogP contribution in [0.2, 0.25) is 0 Å². The molecule has 1 amide bonds. The van der Waals surface area contributed by atoms with Crippen LogP contribution in [0.5, 0.6) is 0 Å². The second-order valence-corrected chi connectivity index (χ2v) is 8.16. The van der Waals surface area contributed by atoms with Gasteiger partial charge in [0.2, 0.25) is 5.91 Å². The summed E-state index contributed by atoms with van der Waals surface area (Å²) in [6.07, 6.45) is 4.14. The summed E-state index contributed by atoms with van der Waals surface area (Å²) >= 11 is 1.29. The van der Waals surface area contributed by atoms with E-state index >= 15 is 0 Å². The molecule has 0 atom stereocenters. The van der Waals surface area contributed by atoms with E-state index in [1.807, 2.05) is 13.0 Å². The van der Waals surface area contributed by atoms with Crippen molar-refractivity contribution in [2.45, 2.75) is 58.9 Å². The summed E-state index contributed by atoms with van der Waals surface area (Å²) < 4.78 is 0. The molecular weight excluding hydrogens is 324 g/mol. The maximum absolute atomic E-state index is 12.9. The molecule has 0 bridgehead atoms. The van der Waals surface area contributed by atoms with Crippen molar-refractivity contribution in [3.05, 3.63) is 15.8 Å². The molecule has 3 N–H and O–H groups in total. The third-order valence-electron chi connectivity index (χ3n) is 4.56. The number of thiophene rings is 1. The molecule has 0 aromatic carbocycles. The second kappa shape index (κ2) is 8.12. The van der Waals surface area contributed by atoms with Gasteiger partial charge in [-0.05, 0) is 51.0 Å². The molecule has 0 aliphatic heterocycles. The van der Waals surface area contributed by atoms with E-state index in [0.29, 0.717) is 18.2 Å². The maximum Gasteiger partial charge on any atom is 0.348 e. The van der Waals surface area contributed by atoms with Gasteiger partial charge in [-0.1, -0.05) is 13.8 Å². The Kier molecular flexibility index (Phi) is 6.40. The quantitative estimate of drug-likeness (QED) is 0.820. The number of carboxylic acid groups (broad SMARTS) is 1. The molecule has 6 heteroatoms. The van der Waals surface area contributed by atoms with Gasteiger partial charge in [0.05, 0.1) is 5.69 Å². The number of hydrogen-bond acceptors (Lipinski definition) is 4. The summed E-state index contributed by atoms with van der Waals surface area (Å²) in [5.74, 6) is -0.508. The number of carboxylic acids is 1. The van der Waals surface area contributed by atoms with Gasteiger partial charge in [0.1, 0.15) is 4.88 Å². The van der Waals surface area contributed by atoms with E-state index in [9.17, 15) is 14.7 Å². The minimum absolute atomic E-state index is 0.0418. The Morgan fingerprint density at radius 1 is 1.33 bits per heavy atom. The molecule has 1 aliphatic carbocycles. The van der Waals surface area contributed by atoms with Crippen LogP contribution in [0.4, 0.5) is 5.69 Å². The summed E-state index contributed by atoms with van der Waals surface area (Å²) in [7, 11) is 0. The molecule has 0 unspecified atom stereocenters. The second-order valence-electron chi connectivity index (χ2n) is 7.02. The van der Waals surface area contributed by atoms with E-state index in [0.717, 1.165) is 37.0 Å². The van der Waals surface area contributed by atoms with Gasteiger partial charge >= 0.3 is 5.97 Å². The van der Waals surface area contributed by atoms with Crippen molar-refractivity contribution < 1.29 is 14.7 Å². The Morgan fingerprint density at radius 3 is 2.46 bits per heavy atom.